The predicted molar refractivity (Wildman–Crippen MR) is 112 cm³/mol. The summed E-state index contributed by atoms with van der Waals surface area (Å²) in [6, 6.07) is 23.4. The molecule has 0 bridgehead atoms. The molecule has 0 saturated carbocycles. The van der Waals surface area contributed by atoms with Gasteiger partial charge in [-0.1, -0.05) is 42.5 Å². The third kappa shape index (κ3) is 4.09. The van der Waals surface area contributed by atoms with Crippen LogP contribution in [0.2, 0.25) is 0 Å². The maximum atomic E-state index is 13.2. The van der Waals surface area contributed by atoms with E-state index in [2.05, 4.69) is 0 Å². The standard InChI is InChI=1S/C22H18N2O4S/c25-22(14-28-18-12-10-17(11-13-18)24(26)27)23-19-8-4-5-9-21(19)29-15-20(23)16-6-2-1-3-7-16/h1-13,20H,14-15H2/t20-/m0/s1. The lowest BCUT2D eigenvalue weighted by Crippen LogP contribution is -2.41. The molecule has 1 aliphatic rings. The molecule has 146 valence electrons. The Hall–Kier alpha value is -3.32. The summed E-state index contributed by atoms with van der Waals surface area (Å²) in [6.45, 7) is -0.153. The molecular weight excluding hydrogens is 388 g/mol. The number of benzene rings is 3. The van der Waals surface area contributed by atoms with Crippen LogP contribution >= 0.6 is 11.8 Å². The number of para-hydroxylation sites is 1. The van der Waals surface area contributed by atoms with Crippen LogP contribution in [0.25, 0.3) is 0 Å². The van der Waals surface area contributed by atoms with E-state index < -0.39 is 4.92 Å². The number of fused-ring (bicyclic) bond motifs is 1. The van der Waals surface area contributed by atoms with E-state index in [0.29, 0.717) is 5.75 Å². The summed E-state index contributed by atoms with van der Waals surface area (Å²) < 4.78 is 5.63. The van der Waals surface area contributed by atoms with Crippen molar-refractivity contribution in [3.63, 3.8) is 0 Å². The molecule has 0 N–H and O–H groups in total. The van der Waals surface area contributed by atoms with Gasteiger partial charge in [-0.2, -0.15) is 0 Å². The van der Waals surface area contributed by atoms with Gasteiger partial charge in [0.1, 0.15) is 5.75 Å². The zero-order valence-corrected chi connectivity index (χ0v) is 16.2. The van der Waals surface area contributed by atoms with Crippen molar-refractivity contribution in [2.24, 2.45) is 0 Å². The number of thioether (sulfide) groups is 1. The minimum atomic E-state index is -0.471. The Bertz CT molecular complexity index is 1020. The van der Waals surface area contributed by atoms with Crippen molar-refractivity contribution in [1.82, 2.24) is 0 Å². The lowest BCUT2D eigenvalue weighted by molar-refractivity contribution is -0.384. The first kappa shape index (κ1) is 19.0. The van der Waals surface area contributed by atoms with Crippen LogP contribution in [-0.2, 0) is 4.79 Å². The molecule has 7 heteroatoms. The van der Waals surface area contributed by atoms with Crippen LogP contribution in [0, 0.1) is 10.1 Å². The van der Waals surface area contributed by atoms with Gasteiger partial charge in [0.15, 0.2) is 6.61 Å². The second-order valence-corrected chi connectivity index (χ2v) is 7.57. The minimum absolute atomic E-state index is 0.0187. The van der Waals surface area contributed by atoms with E-state index in [-0.39, 0.29) is 24.2 Å². The van der Waals surface area contributed by atoms with E-state index in [0.717, 1.165) is 21.9 Å². The van der Waals surface area contributed by atoms with Gasteiger partial charge in [0, 0.05) is 22.8 Å². The minimum Gasteiger partial charge on any atom is -0.484 e. The quantitative estimate of drug-likeness (QED) is 0.447. The average Bonchev–Trinajstić information content (AvgIpc) is 2.77. The van der Waals surface area contributed by atoms with Gasteiger partial charge in [0.25, 0.3) is 11.6 Å². The summed E-state index contributed by atoms with van der Waals surface area (Å²) in [7, 11) is 0. The molecule has 3 aromatic rings. The molecule has 0 aromatic heterocycles. The fraction of sp³-hybridized carbons (Fsp3) is 0.136. The number of ether oxygens (including phenoxy) is 1. The average molecular weight is 406 g/mol. The topological polar surface area (TPSA) is 72.7 Å². The summed E-state index contributed by atoms with van der Waals surface area (Å²) in [5.74, 6) is 1.01. The Morgan fingerprint density at radius 3 is 2.45 bits per heavy atom. The number of non-ortho nitro benzene ring substituents is 1. The molecule has 1 heterocycles. The molecule has 0 fully saturated rings. The number of carbonyl (C=O) groups is 1. The third-order valence-corrected chi connectivity index (χ3v) is 5.83. The Labute approximate surface area is 172 Å². The van der Waals surface area contributed by atoms with Gasteiger partial charge in [-0.05, 0) is 29.8 Å². The van der Waals surface area contributed by atoms with Gasteiger partial charge >= 0.3 is 0 Å². The number of amides is 1. The van der Waals surface area contributed by atoms with Crippen molar-refractivity contribution in [3.8, 4) is 5.75 Å². The first-order chi connectivity index (χ1) is 14.1. The third-order valence-electron chi connectivity index (χ3n) is 4.70. The number of nitro groups is 1. The molecule has 1 atom stereocenters. The van der Waals surface area contributed by atoms with Crippen molar-refractivity contribution in [1.29, 1.82) is 0 Å². The first-order valence-electron chi connectivity index (χ1n) is 9.09. The Morgan fingerprint density at radius 1 is 1.03 bits per heavy atom. The smallest absolute Gasteiger partial charge is 0.269 e. The van der Waals surface area contributed by atoms with Crippen LogP contribution in [0.1, 0.15) is 11.6 Å². The number of nitrogens with zero attached hydrogens (tertiary/aromatic N) is 2. The Balaban J connectivity index is 1.57. The zero-order chi connectivity index (χ0) is 20.2. The fourth-order valence-electron chi connectivity index (χ4n) is 3.30. The molecule has 6 nitrogen and oxygen atoms in total. The van der Waals surface area contributed by atoms with Crippen LogP contribution < -0.4 is 9.64 Å². The van der Waals surface area contributed by atoms with Crippen LogP contribution in [0.5, 0.6) is 5.75 Å². The van der Waals surface area contributed by atoms with E-state index in [1.54, 1.807) is 16.7 Å². The largest absolute Gasteiger partial charge is 0.484 e. The van der Waals surface area contributed by atoms with Crippen LogP contribution in [0.4, 0.5) is 11.4 Å². The Morgan fingerprint density at radius 2 is 1.72 bits per heavy atom. The number of anilines is 1. The van der Waals surface area contributed by atoms with Gasteiger partial charge < -0.3 is 4.74 Å². The predicted octanol–water partition coefficient (Wildman–Crippen LogP) is 4.85. The van der Waals surface area contributed by atoms with Gasteiger partial charge in [0.05, 0.1) is 16.7 Å². The van der Waals surface area contributed by atoms with Crippen molar-refractivity contribution in [2.75, 3.05) is 17.3 Å². The maximum Gasteiger partial charge on any atom is 0.269 e. The van der Waals surface area contributed by atoms with E-state index in [9.17, 15) is 14.9 Å². The molecular formula is C22H18N2O4S. The van der Waals surface area contributed by atoms with Crippen LogP contribution in [-0.4, -0.2) is 23.2 Å². The highest BCUT2D eigenvalue weighted by atomic mass is 32.2. The van der Waals surface area contributed by atoms with E-state index >= 15 is 0 Å². The molecule has 1 amide bonds. The number of carbonyl (C=O) groups excluding carboxylic acids is 1. The van der Waals surface area contributed by atoms with Crippen molar-refractivity contribution in [2.45, 2.75) is 10.9 Å². The second kappa shape index (κ2) is 8.36. The molecule has 0 radical (unpaired) electrons. The van der Waals surface area contributed by atoms with Gasteiger partial charge in [-0.15, -0.1) is 11.8 Å². The van der Waals surface area contributed by atoms with E-state index in [1.165, 1.54) is 24.3 Å². The van der Waals surface area contributed by atoms with Crippen molar-refractivity contribution >= 4 is 29.0 Å². The summed E-state index contributed by atoms with van der Waals surface area (Å²) in [5.41, 5.74) is 1.92. The highest BCUT2D eigenvalue weighted by molar-refractivity contribution is 7.99. The van der Waals surface area contributed by atoms with Crippen LogP contribution in [0.15, 0.2) is 83.8 Å². The highest BCUT2D eigenvalue weighted by Crippen LogP contribution is 2.43. The lowest BCUT2D eigenvalue weighted by atomic mass is 10.1. The van der Waals surface area contributed by atoms with Crippen molar-refractivity contribution < 1.29 is 14.5 Å². The molecule has 4 rings (SSSR count). The summed E-state index contributed by atoms with van der Waals surface area (Å²) in [5, 5.41) is 10.8. The first-order valence-corrected chi connectivity index (χ1v) is 10.1. The van der Waals surface area contributed by atoms with Gasteiger partial charge in [0.2, 0.25) is 0 Å². The second-order valence-electron chi connectivity index (χ2n) is 6.51. The van der Waals surface area contributed by atoms with Gasteiger partial charge in [-0.3, -0.25) is 19.8 Å². The number of hydrogen-bond donors (Lipinski definition) is 0. The summed E-state index contributed by atoms with van der Waals surface area (Å²) in [6.07, 6.45) is 0. The number of rotatable bonds is 5. The molecule has 0 saturated heterocycles. The molecule has 0 aliphatic carbocycles. The summed E-state index contributed by atoms with van der Waals surface area (Å²) in [4.78, 5) is 26.3. The fourth-order valence-corrected chi connectivity index (χ4v) is 4.46. The molecule has 29 heavy (non-hydrogen) atoms. The zero-order valence-electron chi connectivity index (χ0n) is 15.4. The lowest BCUT2D eigenvalue weighted by Gasteiger charge is -2.37. The molecule has 0 spiro atoms. The normalized spacial score (nSPS) is 15.4. The Kier molecular flexibility index (Phi) is 5.48. The maximum absolute atomic E-state index is 13.2. The molecule has 3 aromatic carbocycles. The van der Waals surface area contributed by atoms with Crippen LogP contribution in [0.3, 0.4) is 0 Å². The van der Waals surface area contributed by atoms with E-state index in [4.69, 9.17) is 4.74 Å². The van der Waals surface area contributed by atoms with Crippen molar-refractivity contribution in [3.05, 3.63) is 94.5 Å². The summed E-state index contributed by atoms with van der Waals surface area (Å²) >= 11 is 1.73. The number of nitro benzene ring substituents is 1. The number of hydrogen-bond acceptors (Lipinski definition) is 5. The van der Waals surface area contributed by atoms with E-state index in [1.807, 2.05) is 54.6 Å². The SMILES string of the molecule is O=C(COc1ccc([N+](=O)[O-])cc1)N1c2ccccc2SC[C@H]1c1ccccc1. The van der Waals surface area contributed by atoms with Gasteiger partial charge in [-0.25, -0.2) is 0 Å². The molecule has 1 aliphatic heterocycles. The highest BCUT2D eigenvalue weighted by Gasteiger charge is 2.32. The molecule has 0 unspecified atom stereocenters. The monoisotopic (exact) mass is 406 g/mol.